The number of para-hydroxylation sites is 2. The summed E-state index contributed by atoms with van der Waals surface area (Å²) in [5.41, 5.74) is 2.07. The highest BCUT2D eigenvalue weighted by molar-refractivity contribution is 5.76. The Bertz CT molecular complexity index is 974. The van der Waals surface area contributed by atoms with Gasteiger partial charge in [0.05, 0.1) is 24.3 Å². The van der Waals surface area contributed by atoms with E-state index < -0.39 is 0 Å². The Hall–Kier alpha value is -2.66. The Balaban J connectivity index is 1.39. The van der Waals surface area contributed by atoms with E-state index in [1.54, 1.807) is 18.0 Å². The zero-order valence-corrected chi connectivity index (χ0v) is 15.7. The molecule has 1 fully saturated rings. The van der Waals surface area contributed by atoms with Crippen LogP contribution in [0.4, 0.5) is 0 Å². The molecule has 0 saturated carbocycles. The third-order valence-electron chi connectivity index (χ3n) is 5.48. The van der Waals surface area contributed by atoms with E-state index in [0.29, 0.717) is 11.3 Å². The molecule has 0 unspecified atom stereocenters. The monoisotopic (exact) mass is 363 g/mol. The first-order valence-corrected chi connectivity index (χ1v) is 9.53. The van der Waals surface area contributed by atoms with Gasteiger partial charge in [-0.1, -0.05) is 30.3 Å². The summed E-state index contributed by atoms with van der Waals surface area (Å²) in [6.07, 6.45) is 3.88. The molecule has 3 aromatic rings. The summed E-state index contributed by atoms with van der Waals surface area (Å²) in [6.45, 7) is 3.74. The highest BCUT2D eigenvalue weighted by Gasteiger charge is 2.21. The molecule has 1 aliphatic rings. The number of ether oxygens (including phenoxy) is 1. The summed E-state index contributed by atoms with van der Waals surface area (Å²) in [7, 11) is 1.72. The molecule has 140 valence electrons. The number of hydrogen-bond acceptors (Lipinski definition) is 4. The first-order chi connectivity index (χ1) is 13.2. The average molecular weight is 363 g/mol. The predicted octanol–water partition coefficient (Wildman–Crippen LogP) is 3.32. The molecule has 0 bridgehead atoms. The Morgan fingerprint density at radius 1 is 1.07 bits per heavy atom. The van der Waals surface area contributed by atoms with Crippen LogP contribution in [-0.4, -0.2) is 34.7 Å². The number of fused-ring (bicyclic) bond motifs is 1. The van der Waals surface area contributed by atoms with Gasteiger partial charge in [-0.25, -0.2) is 4.98 Å². The molecule has 0 aliphatic carbocycles. The molecule has 2 heterocycles. The van der Waals surface area contributed by atoms with Crippen molar-refractivity contribution in [3.8, 4) is 5.75 Å². The van der Waals surface area contributed by atoms with Crippen molar-refractivity contribution in [3.63, 3.8) is 0 Å². The van der Waals surface area contributed by atoms with Gasteiger partial charge in [0.25, 0.3) is 5.56 Å². The molecule has 5 nitrogen and oxygen atoms in total. The lowest BCUT2D eigenvalue weighted by Gasteiger charge is -2.32. The molecule has 0 spiro atoms. The number of benzene rings is 2. The van der Waals surface area contributed by atoms with E-state index in [9.17, 15) is 4.79 Å². The molecule has 1 saturated heterocycles. The SMILES string of the molecule is COc1ccccc1CN1CCC(Cn2cnc3ccccc3c2=O)CC1. The average Bonchev–Trinajstić information content (AvgIpc) is 2.72. The largest absolute Gasteiger partial charge is 0.496 e. The van der Waals surface area contributed by atoms with Crippen molar-refractivity contribution in [1.82, 2.24) is 14.5 Å². The maximum Gasteiger partial charge on any atom is 0.261 e. The third kappa shape index (κ3) is 3.88. The van der Waals surface area contributed by atoms with E-state index in [4.69, 9.17) is 4.74 Å². The second kappa shape index (κ2) is 7.92. The third-order valence-corrected chi connectivity index (χ3v) is 5.48. The zero-order valence-electron chi connectivity index (χ0n) is 15.7. The molecule has 27 heavy (non-hydrogen) atoms. The van der Waals surface area contributed by atoms with E-state index in [1.807, 2.05) is 36.4 Å². The van der Waals surface area contributed by atoms with E-state index in [-0.39, 0.29) is 5.56 Å². The molecular formula is C22H25N3O2. The van der Waals surface area contributed by atoms with Gasteiger partial charge in [0.1, 0.15) is 5.75 Å². The molecule has 0 N–H and O–H groups in total. The van der Waals surface area contributed by atoms with Gasteiger partial charge in [0, 0.05) is 18.7 Å². The van der Waals surface area contributed by atoms with Gasteiger partial charge >= 0.3 is 0 Å². The summed E-state index contributed by atoms with van der Waals surface area (Å²) in [5, 5.41) is 0.702. The minimum atomic E-state index is 0.0667. The minimum absolute atomic E-state index is 0.0667. The van der Waals surface area contributed by atoms with Crippen molar-refractivity contribution in [1.29, 1.82) is 0 Å². The van der Waals surface area contributed by atoms with Gasteiger partial charge in [-0.15, -0.1) is 0 Å². The fraction of sp³-hybridized carbons (Fsp3) is 0.364. The van der Waals surface area contributed by atoms with Crippen LogP contribution in [0.2, 0.25) is 0 Å². The van der Waals surface area contributed by atoms with Crippen LogP contribution >= 0.6 is 0 Å². The van der Waals surface area contributed by atoms with Gasteiger partial charge in [-0.05, 0) is 50.0 Å². The van der Waals surface area contributed by atoms with Crippen molar-refractivity contribution in [2.75, 3.05) is 20.2 Å². The summed E-state index contributed by atoms with van der Waals surface area (Å²) in [4.78, 5) is 19.6. The molecule has 5 heteroatoms. The van der Waals surface area contributed by atoms with E-state index in [2.05, 4.69) is 22.0 Å². The molecule has 1 aliphatic heterocycles. The minimum Gasteiger partial charge on any atom is -0.496 e. The quantitative estimate of drug-likeness (QED) is 0.698. The lowest BCUT2D eigenvalue weighted by molar-refractivity contribution is 0.165. The van der Waals surface area contributed by atoms with Crippen LogP contribution < -0.4 is 10.3 Å². The second-order valence-electron chi connectivity index (χ2n) is 7.25. The van der Waals surface area contributed by atoms with Crippen LogP contribution in [0.25, 0.3) is 10.9 Å². The smallest absolute Gasteiger partial charge is 0.261 e. The Labute approximate surface area is 159 Å². The molecule has 2 aromatic carbocycles. The number of methoxy groups -OCH3 is 1. The summed E-state index contributed by atoms with van der Waals surface area (Å²) in [6, 6.07) is 15.8. The van der Waals surface area contributed by atoms with Crippen LogP contribution in [0.5, 0.6) is 5.75 Å². The number of nitrogens with zero attached hydrogens (tertiary/aromatic N) is 3. The lowest BCUT2D eigenvalue weighted by atomic mass is 9.96. The molecule has 0 atom stereocenters. The van der Waals surface area contributed by atoms with E-state index >= 15 is 0 Å². The highest BCUT2D eigenvalue weighted by Crippen LogP contribution is 2.24. The Morgan fingerprint density at radius 2 is 1.81 bits per heavy atom. The normalized spacial score (nSPS) is 15.9. The first-order valence-electron chi connectivity index (χ1n) is 9.53. The van der Waals surface area contributed by atoms with Gasteiger partial charge in [-0.3, -0.25) is 14.3 Å². The van der Waals surface area contributed by atoms with Crippen molar-refractivity contribution in [2.24, 2.45) is 5.92 Å². The summed E-state index contributed by atoms with van der Waals surface area (Å²) < 4.78 is 7.24. The fourth-order valence-electron chi connectivity index (χ4n) is 3.92. The predicted molar refractivity (Wildman–Crippen MR) is 107 cm³/mol. The molecule has 1 aromatic heterocycles. The number of piperidine rings is 1. The van der Waals surface area contributed by atoms with Gasteiger partial charge in [-0.2, -0.15) is 0 Å². The van der Waals surface area contributed by atoms with Gasteiger partial charge in [0.15, 0.2) is 0 Å². The Kier molecular flexibility index (Phi) is 5.21. The van der Waals surface area contributed by atoms with Crippen molar-refractivity contribution >= 4 is 10.9 Å². The number of aromatic nitrogens is 2. The van der Waals surface area contributed by atoms with Crippen LogP contribution in [0.15, 0.2) is 59.7 Å². The van der Waals surface area contributed by atoms with E-state index in [0.717, 1.165) is 50.3 Å². The highest BCUT2D eigenvalue weighted by atomic mass is 16.5. The standard InChI is InChI=1S/C22H25N3O2/c1-27-21-9-5-2-6-18(21)15-24-12-10-17(11-13-24)14-25-16-23-20-8-4-3-7-19(20)22(25)26/h2-9,16-17H,10-15H2,1H3. The van der Waals surface area contributed by atoms with Crippen molar-refractivity contribution < 1.29 is 4.74 Å². The van der Waals surface area contributed by atoms with Gasteiger partial charge < -0.3 is 4.74 Å². The molecule has 0 amide bonds. The van der Waals surface area contributed by atoms with Crippen LogP contribution in [0, 0.1) is 5.92 Å². The van der Waals surface area contributed by atoms with E-state index in [1.165, 1.54) is 5.56 Å². The molecule has 0 radical (unpaired) electrons. The van der Waals surface area contributed by atoms with Crippen molar-refractivity contribution in [2.45, 2.75) is 25.9 Å². The first kappa shape index (κ1) is 17.7. The second-order valence-corrected chi connectivity index (χ2v) is 7.25. The molecule has 4 rings (SSSR count). The fourth-order valence-corrected chi connectivity index (χ4v) is 3.92. The number of rotatable bonds is 5. The van der Waals surface area contributed by atoms with Crippen molar-refractivity contribution in [3.05, 3.63) is 70.8 Å². The Morgan fingerprint density at radius 3 is 2.63 bits per heavy atom. The van der Waals surface area contributed by atoms with Crippen LogP contribution in [0.3, 0.4) is 0 Å². The van der Waals surface area contributed by atoms with Crippen LogP contribution in [-0.2, 0) is 13.1 Å². The zero-order chi connectivity index (χ0) is 18.6. The lowest BCUT2D eigenvalue weighted by Crippen LogP contribution is -2.36. The number of hydrogen-bond donors (Lipinski definition) is 0. The topological polar surface area (TPSA) is 47.4 Å². The summed E-state index contributed by atoms with van der Waals surface area (Å²) >= 11 is 0. The van der Waals surface area contributed by atoms with Crippen LogP contribution in [0.1, 0.15) is 18.4 Å². The maximum absolute atomic E-state index is 12.7. The summed E-state index contributed by atoms with van der Waals surface area (Å²) in [5.74, 6) is 1.47. The maximum atomic E-state index is 12.7. The van der Waals surface area contributed by atoms with Gasteiger partial charge in [0.2, 0.25) is 0 Å². The molecular weight excluding hydrogens is 338 g/mol. The number of likely N-dealkylation sites (tertiary alicyclic amines) is 1.